The Morgan fingerprint density at radius 1 is 0.955 bits per heavy atom. The second-order valence-corrected chi connectivity index (χ2v) is 10.5. The van der Waals surface area contributed by atoms with Crippen molar-refractivity contribution in [2.45, 2.75) is 19.8 Å². The number of anilines is 2. The van der Waals surface area contributed by atoms with Gasteiger partial charge in [0.2, 0.25) is 11.8 Å². The van der Waals surface area contributed by atoms with Crippen LogP contribution in [-0.4, -0.2) is 48.1 Å². The van der Waals surface area contributed by atoms with Crippen molar-refractivity contribution in [3.63, 3.8) is 0 Å². The zero-order chi connectivity index (χ0) is 31.3. The van der Waals surface area contributed by atoms with Crippen LogP contribution in [0.4, 0.5) is 15.8 Å². The zero-order valence-electron chi connectivity index (χ0n) is 24.1. The number of fused-ring (bicyclic) bond motifs is 1. The number of pyridine rings is 1. The molecule has 1 fully saturated rings. The van der Waals surface area contributed by atoms with Gasteiger partial charge in [0.25, 0.3) is 5.91 Å². The molecule has 1 unspecified atom stereocenters. The Labute approximate surface area is 252 Å². The number of aromatic nitrogens is 1. The number of rotatable bonds is 12. The maximum Gasteiger partial charge on any atom is 0.278 e. The molecule has 0 spiro atoms. The van der Waals surface area contributed by atoms with E-state index in [1.54, 1.807) is 55.6 Å². The van der Waals surface area contributed by atoms with E-state index >= 15 is 0 Å². The van der Waals surface area contributed by atoms with Crippen LogP contribution in [0.15, 0.2) is 72.9 Å². The smallest absolute Gasteiger partial charge is 0.278 e. The summed E-state index contributed by atoms with van der Waals surface area (Å²) < 4.78 is 24.7. The number of nitrogens with zero attached hydrogens (tertiary/aromatic N) is 1. The van der Waals surface area contributed by atoms with Crippen LogP contribution >= 0.6 is 0 Å². The van der Waals surface area contributed by atoms with Crippen molar-refractivity contribution in [2.24, 2.45) is 11.3 Å². The van der Waals surface area contributed by atoms with Crippen LogP contribution in [0.5, 0.6) is 17.2 Å². The van der Waals surface area contributed by atoms with Gasteiger partial charge in [-0.15, -0.1) is 0 Å². The molecule has 4 aromatic rings. The molecule has 0 saturated heterocycles. The minimum absolute atomic E-state index is 0.0777. The van der Waals surface area contributed by atoms with Crippen LogP contribution in [0.25, 0.3) is 10.9 Å². The van der Waals surface area contributed by atoms with Gasteiger partial charge >= 0.3 is 0 Å². The van der Waals surface area contributed by atoms with E-state index in [1.807, 2.05) is 0 Å². The molecule has 5 rings (SSSR count). The van der Waals surface area contributed by atoms with Crippen LogP contribution in [0.2, 0.25) is 0 Å². The first-order valence-corrected chi connectivity index (χ1v) is 13.9. The van der Waals surface area contributed by atoms with E-state index in [-0.39, 0.29) is 24.7 Å². The summed E-state index contributed by atoms with van der Waals surface area (Å²) in [4.78, 5) is 48.3. The molecule has 0 aliphatic heterocycles. The molecule has 1 heterocycles. The topological polar surface area (TPSA) is 148 Å². The number of ether oxygens (including phenoxy) is 2. The lowest BCUT2D eigenvalue weighted by atomic mass is 10.0. The van der Waals surface area contributed by atoms with Crippen molar-refractivity contribution in [1.82, 2.24) is 10.5 Å². The molecule has 44 heavy (non-hydrogen) atoms. The summed E-state index contributed by atoms with van der Waals surface area (Å²) in [6.45, 7) is 1.83. The van der Waals surface area contributed by atoms with Gasteiger partial charge in [-0.2, -0.15) is 0 Å². The summed E-state index contributed by atoms with van der Waals surface area (Å²) in [5, 5.41) is 15.2. The molecule has 0 radical (unpaired) electrons. The fourth-order valence-corrected chi connectivity index (χ4v) is 4.39. The molecule has 0 bridgehead atoms. The molecular weight excluding hydrogens is 571 g/mol. The van der Waals surface area contributed by atoms with Gasteiger partial charge in [0.1, 0.15) is 28.5 Å². The molecule has 3 amide bonds. The average Bonchev–Trinajstić information content (AvgIpc) is 3.85. The van der Waals surface area contributed by atoms with Crippen LogP contribution in [0.1, 0.15) is 30.1 Å². The zero-order valence-corrected chi connectivity index (χ0v) is 24.1. The predicted octanol–water partition coefficient (Wildman–Crippen LogP) is 4.82. The van der Waals surface area contributed by atoms with Crippen molar-refractivity contribution in [3.05, 3.63) is 84.3 Å². The lowest BCUT2D eigenvalue weighted by Gasteiger charge is -2.16. The van der Waals surface area contributed by atoms with Gasteiger partial charge in [0.15, 0.2) is 0 Å². The number of benzene rings is 3. The fourth-order valence-electron chi connectivity index (χ4n) is 4.39. The molecule has 1 aromatic heterocycles. The summed E-state index contributed by atoms with van der Waals surface area (Å²) in [6.07, 6.45) is 2.37. The summed E-state index contributed by atoms with van der Waals surface area (Å²) in [5.74, 6) is -0.819. The molecule has 1 saturated carbocycles. The van der Waals surface area contributed by atoms with Crippen LogP contribution in [0, 0.1) is 17.2 Å². The Balaban J connectivity index is 1.27. The molecule has 3 aromatic carbocycles. The number of carbonyl (C=O) groups is 3. The maximum absolute atomic E-state index is 13.2. The van der Waals surface area contributed by atoms with Crippen LogP contribution in [-0.2, 0) is 14.4 Å². The Morgan fingerprint density at radius 3 is 2.18 bits per heavy atom. The van der Waals surface area contributed by atoms with E-state index in [9.17, 15) is 18.8 Å². The van der Waals surface area contributed by atoms with Crippen molar-refractivity contribution >= 4 is 40.0 Å². The number of hydrogen-bond donors (Lipinski definition) is 4. The Kier molecular flexibility index (Phi) is 9.02. The lowest BCUT2D eigenvalue weighted by Crippen LogP contribution is -2.35. The quantitative estimate of drug-likeness (QED) is 0.133. The minimum atomic E-state index is -1.19. The third kappa shape index (κ3) is 6.77. The highest BCUT2D eigenvalue weighted by atomic mass is 19.1. The summed E-state index contributed by atoms with van der Waals surface area (Å²) >= 11 is 0. The fraction of sp³-hybridized carbons (Fsp3) is 0.250. The first-order chi connectivity index (χ1) is 21.2. The molecule has 1 aliphatic carbocycles. The largest absolute Gasteiger partial charge is 0.496 e. The third-order valence-electron chi connectivity index (χ3n) is 7.17. The number of methoxy groups -OCH3 is 1. The van der Waals surface area contributed by atoms with E-state index in [4.69, 9.17) is 19.4 Å². The van der Waals surface area contributed by atoms with Crippen molar-refractivity contribution in [3.8, 4) is 17.2 Å². The van der Waals surface area contributed by atoms with E-state index < -0.39 is 29.0 Å². The van der Waals surface area contributed by atoms with Gasteiger partial charge in [-0.1, -0.05) is 6.92 Å². The lowest BCUT2D eigenvalue weighted by molar-refractivity contribution is -0.131. The third-order valence-corrected chi connectivity index (χ3v) is 7.17. The molecule has 228 valence electrons. The Hall–Kier alpha value is -5.07. The first-order valence-electron chi connectivity index (χ1n) is 13.9. The minimum Gasteiger partial charge on any atom is -0.496 e. The Bertz CT molecular complexity index is 1680. The Morgan fingerprint density at radius 2 is 1.59 bits per heavy atom. The number of hydroxylamine groups is 1. The summed E-state index contributed by atoms with van der Waals surface area (Å²) in [6, 6.07) is 16.8. The van der Waals surface area contributed by atoms with E-state index in [0.29, 0.717) is 52.4 Å². The van der Waals surface area contributed by atoms with Crippen LogP contribution < -0.4 is 25.6 Å². The number of aliphatic hydroxyl groups is 1. The highest BCUT2D eigenvalue weighted by Gasteiger charge is 2.56. The number of hydrogen-bond acceptors (Lipinski definition) is 8. The number of amides is 3. The molecule has 12 heteroatoms. The number of nitrogens with one attached hydrogen (secondary N) is 3. The monoisotopic (exact) mass is 602 g/mol. The summed E-state index contributed by atoms with van der Waals surface area (Å²) in [7, 11) is 1.44. The predicted molar refractivity (Wildman–Crippen MR) is 160 cm³/mol. The van der Waals surface area contributed by atoms with Crippen molar-refractivity contribution in [1.29, 1.82) is 0 Å². The van der Waals surface area contributed by atoms with E-state index in [0.717, 1.165) is 0 Å². The van der Waals surface area contributed by atoms with Gasteiger partial charge in [0.05, 0.1) is 24.8 Å². The van der Waals surface area contributed by atoms with Gasteiger partial charge < -0.3 is 25.2 Å². The normalized spacial score (nSPS) is 13.9. The van der Waals surface area contributed by atoms with Gasteiger partial charge in [-0.25, -0.2) is 9.87 Å². The number of halogens is 1. The van der Waals surface area contributed by atoms with E-state index in [2.05, 4.69) is 21.1 Å². The second-order valence-electron chi connectivity index (χ2n) is 10.5. The first kappa shape index (κ1) is 30.4. The van der Waals surface area contributed by atoms with Crippen molar-refractivity contribution < 1.29 is 38.2 Å². The van der Waals surface area contributed by atoms with Gasteiger partial charge in [-0.05, 0) is 73.5 Å². The van der Waals surface area contributed by atoms with Gasteiger partial charge in [0, 0.05) is 41.5 Å². The molecule has 1 atom stereocenters. The average molecular weight is 603 g/mol. The standard InChI is InChI=1S/C32H31FN4O7/c1-19(17-38)18-43-37-29(39)25-15-24-26(16-28(25)42-2)34-14-11-27(24)44-23-9-7-22(8-10-23)36-31(41)32(12-13-32)30(40)35-21-5-3-20(33)4-6-21/h3-11,14-16,19,38H,12-13,17-18H2,1-2H3,(H,35,40)(H,36,41)(H,37,39). The second kappa shape index (κ2) is 13.1. The molecule has 11 nitrogen and oxygen atoms in total. The molecule has 4 N–H and O–H groups in total. The van der Waals surface area contributed by atoms with Crippen LogP contribution in [0.3, 0.4) is 0 Å². The molecular formula is C32H31FN4O7. The van der Waals surface area contributed by atoms with E-state index in [1.165, 1.54) is 31.4 Å². The molecule has 1 aliphatic rings. The summed E-state index contributed by atoms with van der Waals surface area (Å²) in [5.41, 5.74) is 2.79. The van der Waals surface area contributed by atoms with Crippen molar-refractivity contribution in [2.75, 3.05) is 31.0 Å². The highest BCUT2D eigenvalue weighted by Crippen LogP contribution is 2.47. The maximum atomic E-state index is 13.2. The number of aliphatic hydroxyl groups excluding tert-OH is 1. The number of carbonyl (C=O) groups excluding carboxylic acids is 3. The SMILES string of the molecule is COc1cc2nccc(Oc3ccc(NC(=O)C4(C(=O)Nc5ccc(F)cc5)CC4)cc3)c2cc1C(=O)NOCC(C)CO. The van der Waals surface area contributed by atoms with Gasteiger partial charge in [-0.3, -0.25) is 24.2 Å². The highest BCUT2D eigenvalue weighted by molar-refractivity contribution is 6.17.